The molecule has 6 heteroatoms. The molecule has 214 valence electrons. The lowest BCUT2D eigenvalue weighted by Crippen LogP contribution is -2.34. The average molecular weight is 569 g/mol. The van der Waals surface area contributed by atoms with Crippen LogP contribution in [0.3, 0.4) is 0 Å². The van der Waals surface area contributed by atoms with Crippen LogP contribution in [0.1, 0.15) is 82.9 Å². The number of halogens is 4. The summed E-state index contributed by atoms with van der Waals surface area (Å²) < 4.78 is 40.7. The first-order valence-electron chi connectivity index (χ1n) is 14.5. The smallest absolute Gasteiger partial charge is 0.350 e. The van der Waals surface area contributed by atoms with Crippen molar-refractivity contribution in [3.63, 3.8) is 0 Å². The van der Waals surface area contributed by atoms with E-state index in [9.17, 15) is 13.2 Å². The highest BCUT2D eigenvalue weighted by atomic mass is 35.5. The molecular weight excluding hydrogens is 529 g/mol. The van der Waals surface area contributed by atoms with E-state index in [2.05, 4.69) is 49.1 Å². The molecule has 1 fully saturated rings. The topological polar surface area (TPSA) is 6.48 Å². The monoisotopic (exact) mass is 568 g/mol. The van der Waals surface area contributed by atoms with Gasteiger partial charge >= 0.3 is 6.18 Å². The molecule has 0 radical (unpaired) electrons. The minimum Gasteiger partial charge on any atom is -0.350 e. The number of hydrogen-bond donors (Lipinski definition) is 0. The van der Waals surface area contributed by atoms with Crippen molar-refractivity contribution < 1.29 is 13.2 Å². The molecule has 0 aromatic heterocycles. The van der Waals surface area contributed by atoms with Gasteiger partial charge in [-0.3, -0.25) is 0 Å². The Hall–Kier alpha value is -2.66. The second-order valence-electron chi connectivity index (χ2n) is 12.6. The van der Waals surface area contributed by atoms with Crippen molar-refractivity contribution in [2.75, 3.05) is 23.4 Å². The summed E-state index contributed by atoms with van der Waals surface area (Å²) in [6.45, 7) is 9.47. The third-order valence-electron chi connectivity index (χ3n) is 9.14. The van der Waals surface area contributed by atoms with Gasteiger partial charge in [-0.05, 0) is 84.4 Å². The van der Waals surface area contributed by atoms with Crippen LogP contribution in [0.25, 0.3) is 0 Å². The lowest BCUT2D eigenvalue weighted by atomic mass is 9.68. The molecule has 0 amide bonds. The Labute approximate surface area is 242 Å². The lowest BCUT2D eigenvalue weighted by molar-refractivity contribution is -0.137. The molecule has 2 aromatic rings. The van der Waals surface area contributed by atoms with E-state index in [1.165, 1.54) is 48.3 Å². The second-order valence-corrected chi connectivity index (χ2v) is 13.0. The SMILES string of the molecule is CC(C)CCN1/C(=C/C=C/C2=CN(C)c3ccc(C(F)(F)F)cc3C2(C)C)C2(CCCCC2)c2cc(Cl)ccc21. The van der Waals surface area contributed by atoms with E-state index < -0.39 is 17.2 Å². The van der Waals surface area contributed by atoms with Gasteiger partial charge in [-0.25, -0.2) is 0 Å². The molecule has 2 nitrogen and oxygen atoms in total. The Kier molecular flexibility index (Phi) is 7.67. The Balaban J connectivity index is 1.55. The molecule has 1 saturated carbocycles. The Morgan fingerprint density at radius 1 is 0.975 bits per heavy atom. The molecule has 2 aliphatic heterocycles. The van der Waals surface area contributed by atoms with Gasteiger partial charge in [-0.2, -0.15) is 13.2 Å². The summed E-state index contributed by atoms with van der Waals surface area (Å²) in [4.78, 5) is 4.43. The number of fused-ring (bicyclic) bond motifs is 3. The minimum absolute atomic E-state index is 0.0543. The molecule has 0 bridgehead atoms. The van der Waals surface area contributed by atoms with Crippen LogP contribution in [-0.2, 0) is 17.0 Å². The summed E-state index contributed by atoms with van der Waals surface area (Å²) in [6, 6.07) is 10.4. The highest BCUT2D eigenvalue weighted by molar-refractivity contribution is 6.30. The van der Waals surface area contributed by atoms with Gasteiger partial charge in [0.05, 0.1) is 5.56 Å². The molecule has 5 rings (SSSR count). The molecule has 3 aliphatic rings. The second kappa shape index (κ2) is 10.6. The minimum atomic E-state index is -4.38. The zero-order chi connectivity index (χ0) is 28.9. The molecule has 1 aliphatic carbocycles. The Morgan fingerprint density at radius 3 is 2.35 bits per heavy atom. The Bertz CT molecular complexity index is 1360. The number of alkyl halides is 3. The number of hydrogen-bond acceptors (Lipinski definition) is 2. The summed E-state index contributed by atoms with van der Waals surface area (Å²) in [6.07, 6.45) is 11.0. The number of benzene rings is 2. The van der Waals surface area contributed by atoms with E-state index in [0.717, 1.165) is 42.1 Å². The first kappa shape index (κ1) is 28.9. The summed E-state index contributed by atoms with van der Waals surface area (Å²) >= 11 is 6.55. The first-order valence-corrected chi connectivity index (χ1v) is 14.9. The number of nitrogens with zero attached hydrogens (tertiary/aromatic N) is 2. The number of anilines is 2. The van der Waals surface area contributed by atoms with Crippen molar-refractivity contribution in [1.82, 2.24) is 0 Å². The van der Waals surface area contributed by atoms with E-state index in [1.807, 2.05) is 38.1 Å². The highest BCUT2D eigenvalue weighted by Gasteiger charge is 2.47. The molecule has 0 N–H and O–H groups in total. The van der Waals surface area contributed by atoms with Gasteiger partial charge in [0, 0.05) is 52.7 Å². The van der Waals surface area contributed by atoms with Gasteiger partial charge in [0.1, 0.15) is 0 Å². The largest absolute Gasteiger partial charge is 0.416 e. The molecule has 2 aromatic carbocycles. The Morgan fingerprint density at radius 2 is 1.68 bits per heavy atom. The maximum Gasteiger partial charge on any atom is 0.416 e. The first-order chi connectivity index (χ1) is 18.8. The highest BCUT2D eigenvalue weighted by Crippen LogP contribution is 2.56. The van der Waals surface area contributed by atoms with Gasteiger partial charge in [0.25, 0.3) is 0 Å². The van der Waals surface area contributed by atoms with Crippen molar-refractivity contribution >= 4 is 23.0 Å². The molecule has 1 spiro atoms. The van der Waals surface area contributed by atoms with E-state index in [4.69, 9.17) is 11.6 Å². The van der Waals surface area contributed by atoms with Crippen molar-refractivity contribution in [2.24, 2.45) is 5.92 Å². The van der Waals surface area contributed by atoms with Crippen LogP contribution in [0.5, 0.6) is 0 Å². The quantitative estimate of drug-likeness (QED) is 0.354. The van der Waals surface area contributed by atoms with Gasteiger partial charge in [0.2, 0.25) is 0 Å². The molecule has 0 saturated heterocycles. The molecule has 40 heavy (non-hydrogen) atoms. The van der Waals surface area contributed by atoms with Crippen LogP contribution in [0, 0.1) is 5.92 Å². The zero-order valence-corrected chi connectivity index (χ0v) is 25.0. The van der Waals surface area contributed by atoms with Crippen LogP contribution in [0.4, 0.5) is 24.5 Å². The maximum atomic E-state index is 13.6. The molecule has 0 unspecified atom stereocenters. The third-order valence-corrected chi connectivity index (χ3v) is 9.38. The van der Waals surface area contributed by atoms with Crippen molar-refractivity contribution in [2.45, 2.75) is 83.2 Å². The normalized spacial score (nSPS) is 20.9. The van der Waals surface area contributed by atoms with Gasteiger partial charge in [0.15, 0.2) is 0 Å². The fourth-order valence-corrected chi connectivity index (χ4v) is 6.99. The van der Waals surface area contributed by atoms with Gasteiger partial charge in [-0.15, -0.1) is 0 Å². The van der Waals surface area contributed by atoms with Crippen LogP contribution < -0.4 is 9.80 Å². The fraction of sp³-hybridized carbons (Fsp3) is 0.471. The van der Waals surface area contributed by atoms with Gasteiger partial charge < -0.3 is 9.80 Å². The van der Waals surface area contributed by atoms with Gasteiger partial charge in [-0.1, -0.05) is 70.7 Å². The number of allylic oxidation sites excluding steroid dienone is 5. The zero-order valence-electron chi connectivity index (χ0n) is 24.2. The maximum absolute atomic E-state index is 13.6. The summed E-state index contributed by atoms with van der Waals surface area (Å²) in [5.41, 5.74) is 5.15. The number of rotatable bonds is 5. The average Bonchev–Trinajstić information content (AvgIpc) is 3.13. The molecular formula is C34H40ClF3N2. The molecule has 0 atom stereocenters. The van der Waals surface area contributed by atoms with Crippen LogP contribution in [0.15, 0.2) is 72.1 Å². The predicted octanol–water partition coefficient (Wildman–Crippen LogP) is 10.2. The predicted molar refractivity (Wildman–Crippen MR) is 161 cm³/mol. The van der Waals surface area contributed by atoms with Crippen molar-refractivity contribution in [3.05, 3.63) is 93.8 Å². The summed E-state index contributed by atoms with van der Waals surface area (Å²) in [5.74, 6) is 0.584. The van der Waals surface area contributed by atoms with Crippen LogP contribution >= 0.6 is 11.6 Å². The lowest BCUT2D eigenvalue weighted by Gasteiger charge is -2.38. The van der Waals surface area contributed by atoms with Crippen LogP contribution in [0.2, 0.25) is 5.02 Å². The third kappa shape index (κ3) is 5.11. The van der Waals surface area contributed by atoms with Crippen molar-refractivity contribution in [3.8, 4) is 0 Å². The summed E-state index contributed by atoms with van der Waals surface area (Å²) in [5, 5.41) is 0.776. The summed E-state index contributed by atoms with van der Waals surface area (Å²) in [7, 11) is 1.90. The van der Waals surface area contributed by atoms with Crippen molar-refractivity contribution in [1.29, 1.82) is 0 Å². The van der Waals surface area contributed by atoms with E-state index in [1.54, 1.807) is 6.07 Å². The van der Waals surface area contributed by atoms with E-state index in [-0.39, 0.29) is 5.41 Å². The fourth-order valence-electron chi connectivity index (χ4n) is 6.82. The van der Waals surface area contributed by atoms with E-state index >= 15 is 0 Å². The van der Waals surface area contributed by atoms with E-state index in [0.29, 0.717) is 11.5 Å². The van der Waals surface area contributed by atoms with Crippen LogP contribution in [-0.4, -0.2) is 13.6 Å². The standard InChI is InChI=1S/C34H40ClF3N2/c1-23(2)16-19-40-30-15-13-26(35)21-28(30)33(17-7-6-8-18-33)31(40)11-9-10-25-22-39(5)29-14-12-24(34(36,37)38)20-27(29)32(25,3)4/h9-15,20-23H,6-8,16-19H2,1-5H3/b10-9+,31-11+. The molecule has 2 heterocycles.